The molecule has 0 bridgehead atoms. The summed E-state index contributed by atoms with van der Waals surface area (Å²) in [6, 6.07) is 4.83. The molecular formula is C11H9FO2. The Morgan fingerprint density at radius 1 is 1.50 bits per heavy atom. The van der Waals surface area contributed by atoms with Crippen molar-refractivity contribution in [3.8, 4) is 0 Å². The molecule has 0 unspecified atom stereocenters. The van der Waals surface area contributed by atoms with Gasteiger partial charge in [0.25, 0.3) is 0 Å². The maximum absolute atomic E-state index is 13.2. The van der Waals surface area contributed by atoms with Crippen LogP contribution < -0.4 is 0 Å². The largest absolute Gasteiger partial charge is 0.481 e. The zero-order valence-corrected chi connectivity index (χ0v) is 7.46. The number of carboxylic acid groups (broad SMARTS) is 1. The van der Waals surface area contributed by atoms with E-state index in [9.17, 15) is 9.18 Å². The van der Waals surface area contributed by atoms with E-state index in [4.69, 9.17) is 5.11 Å². The molecule has 0 spiro atoms. The van der Waals surface area contributed by atoms with E-state index in [-0.39, 0.29) is 12.2 Å². The Balaban J connectivity index is 2.28. The van der Waals surface area contributed by atoms with Crippen LogP contribution in [0.4, 0.5) is 4.39 Å². The Bertz CT molecular complexity index is 421. The molecule has 3 heteroatoms. The molecular weight excluding hydrogens is 183 g/mol. The fourth-order valence-electron chi connectivity index (χ4n) is 1.70. The summed E-state index contributed by atoms with van der Waals surface area (Å²) in [5.41, 5.74) is 2.18. The van der Waals surface area contributed by atoms with E-state index >= 15 is 0 Å². The van der Waals surface area contributed by atoms with Crippen LogP contribution in [0, 0.1) is 5.82 Å². The molecule has 1 N–H and O–H groups in total. The zero-order chi connectivity index (χ0) is 10.1. The second-order valence-electron chi connectivity index (χ2n) is 3.36. The van der Waals surface area contributed by atoms with Gasteiger partial charge in [-0.15, -0.1) is 0 Å². The molecule has 2 nitrogen and oxygen atoms in total. The van der Waals surface area contributed by atoms with Crippen LogP contribution in [-0.4, -0.2) is 11.1 Å². The van der Waals surface area contributed by atoms with Gasteiger partial charge in [-0.3, -0.25) is 4.79 Å². The minimum atomic E-state index is -0.871. The first-order chi connectivity index (χ1) is 6.66. The standard InChI is InChI=1S/C11H9FO2/c12-10-3-1-2-8-4-7(5-9(8)10)6-11(13)14/h1-4H,5-6H2,(H,13,14). The molecule has 0 atom stereocenters. The van der Waals surface area contributed by atoms with Gasteiger partial charge < -0.3 is 5.11 Å². The third-order valence-electron chi connectivity index (χ3n) is 2.30. The second-order valence-corrected chi connectivity index (χ2v) is 3.36. The summed E-state index contributed by atoms with van der Waals surface area (Å²) in [6.45, 7) is 0. The molecule has 0 amide bonds. The zero-order valence-electron chi connectivity index (χ0n) is 7.46. The van der Waals surface area contributed by atoms with Crippen LogP contribution in [0.3, 0.4) is 0 Å². The Kier molecular flexibility index (Phi) is 2.08. The smallest absolute Gasteiger partial charge is 0.307 e. The van der Waals surface area contributed by atoms with Crippen molar-refractivity contribution < 1.29 is 14.3 Å². The number of hydrogen-bond acceptors (Lipinski definition) is 1. The number of carbonyl (C=O) groups is 1. The number of fused-ring (bicyclic) bond motifs is 1. The topological polar surface area (TPSA) is 37.3 Å². The molecule has 0 saturated heterocycles. The summed E-state index contributed by atoms with van der Waals surface area (Å²) >= 11 is 0. The summed E-state index contributed by atoms with van der Waals surface area (Å²) in [6.07, 6.45) is 2.18. The average Bonchev–Trinajstić information content (AvgIpc) is 2.47. The van der Waals surface area contributed by atoms with Crippen LogP contribution in [0.5, 0.6) is 0 Å². The summed E-state index contributed by atoms with van der Waals surface area (Å²) < 4.78 is 13.2. The highest BCUT2D eigenvalue weighted by atomic mass is 19.1. The van der Waals surface area contributed by atoms with E-state index in [2.05, 4.69) is 0 Å². The Labute approximate surface area is 80.7 Å². The lowest BCUT2D eigenvalue weighted by molar-refractivity contribution is -0.136. The lowest BCUT2D eigenvalue weighted by Gasteiger charge is -1.99. The summed E-state index contributed by atoms with van der Waals surface area (Å²) in [4.78, 5) is 10.5. The third kappa shape index (κ3) is 1.53. The SMILES string of the molecule is O=C(O)CC1=Cc2cccc(F)c2C1. The van der Waals surface area contributed by atoms with Gasteiger partial charge in [0.2, 0.25) is 0 Å². The maximum Gasteiger partial charge on any atom is 0.307 e. The third-order valence-corrected chi connectivity index (χ3v) is 2.30. The molecule has 1 aromatic rings. The summed E-state index contributed by atoms with van der Waals surface area (Å²) in [5.74, 6) is -1.12. The lowest BCUT2D eigenvalue weighted by Crippen LogP contribution is -1.97. The van der Waals surface area contributed by atoms with Crippen molar-refractivity contribution in [3.63, 3.8) is 0 Å². The van der Waals surface area contributed by atoms with Gasteiger partial charge in [-0.05, 0) is 23.6 Å². The van der Waals surface area contributed by atoms with E-state index in [0.29, 0.717) is 12.0 Å². The van der Waals surface area contributed by atoms with Crippen molar-refractivity contribution in [2.24, 2.45) is 0 Å². The Hall–Kier alpha value is -1.64. The minimum Gasteiger partial charge on any atom is -0.481 e. The molecule has 0 heterocycles. The minimum absolute atomic E-state index is 0.00583. The van der Waals surface area contributed by atoms with E-state index in [0.717, 1.165) is 11.1 Å². The Morgan fingerprint density at radius 3 is 2.93 bits per heavy atom. The number of hydrogen-bond donors (Lipinski definition) is 1. The number of rotatable bonds is 2. The first-order valence-corrected chi connectivity index (χ1v) is 4.35. The van der Waals surface area contributed by atoms with Gasteiger partial charge >= 0.3 is 5.97 Å². The quantitative estimate of drug-likeness (QED) is 0.780. The average molecular weight is 192 g/mol. The van der Waals surface area contributed by atoms with E-state index < -0.39 is 5.97 Å². The summed E-state index contributed by atoms with van der Waals surface area (Å²) in [7, 11) is 0. The lowest BCUT2D eigenvalue weighted by atomic mass is 10.1. The highest BCUT2D eigenvalue weighted by Crippen LogP contribution is 2.28. The molecule has 1 aromatic carbocycles. The number of aliphatic carboxylic acids is 1. The second kappa shape index (κ2) is 3.25. The first kappa shape index (κ1) is 8.94. The predicted octanol–water partition coefficient (Wildman–Crippen LogP) is 2.24. The molecule has 1 aliphatic carbocycles. The van der Waals surface area contributed by atoms with Crippen LogP contribution in [0.1, 0.15) is 17.5 Å². The van der Waals surface area contributed by atoms with E-state index in [1.165, 1.54) is 6.07 Å². The molecule has 14 heavy (non-hydrogen) atoms. The van der Waals surface area contributed by atoms with Crippen LogP contribution in [-0.2, 0) is 11.2 Å². The molecule has 0 fully saturated rings. The molecule has 1 aliphatic rings. The van der Waals surface area contributed by atoms with Gasteiger partial charge in [0.05, 0.1) is 6.42 Å². The predicted molar refractivity (Wildman–Crippen MR) is 50.3 cm³/mol. The molecule has 0 aliphatic heterocycles. The van der Waals surface area contributed by atoms with Gasteiger partial charge in [-0.25, -0.2) is 4.39 Å². The normalized spacial score (nSPS) is 13.6. The fourth-order valence-corrected chi connectivity index (χ4v) is 1.70. The van der Waals surface area contributed by atoms with Crippen LogP contribution in [0.15, 0.2) is 23.8 Å². The van der Waals surface area contributed by atoms with Crippen molar-refractivity contribution in [1.82, 2.24) is 0 Å². The maximum atomic E-state index is 13.2. The molecule has 0 saturated carbocycles. The number of carboxylic acids is 1. The van der Waals surface area contributed by atoms with E-state index in [1.54, 1.807) is 18.2 Å². The number of benzene rings is 1. The Morgan fingerprint density at radius 2 is 2.29 bits per heavy atom. The van der Waals surface area contributed by atoms with Crippen molar-refractivity contribution in [2.75, 3.05) is 0 Å². The van der Waals surface area contributed by atoms with E-state index in [1.807, 2.05) is 0 Å². The molecule has 0 radical (unpaired) electrons. The number of halogens is 1. The molecule has 2 rings (SSSR count). The monoisotopic (exact) mass is 192 g/mol. The van der Waals surface area contributed by atoms with Gasteiger partial charge in [-0.1, -0.05) is 23.8 Å². The van der Waals surface area contributed by atoms with Gasteiger partial charge in [0.1, 0.15) is 5.82 Å². The van der Waals surface area contributed by atoms with Gasteiger partial charge in [0.15, 0.2) is 0 Å². The molecule has 72 valence electrons. The highest BCUT2D eigenvalue weighted by molar-refractivity contribution is 5.75. The van der Waals surface area contributed by atoms with Crippen LogP contribution >= 0.6 is 0 Å². The fraction of sp³-hybridized carbons (Fsp3) is 0.182. The van der Waals surface area contributed by atoms with Crippen molar-refractivity contribution >= 4 is 12.0 Å². The van der Waals surface area contributed by atoms with Crippen molar-refractivity contribution in [1.29, 1.82) is 0 Å². The first-order valence-electron chi connectivity index (χ1n) is 4.35. The van der Waals surface area contributed by atoms with Gasteiger partial charge in [-0.2, -0.15) is 0 Å². The van der Waals surface area contributed by atoms with Crippen LogP contribution in [0.25, 0.3) is 6.08 Å². The van der Waals surface area contributed by atoms with Crippen molar-refractivity contribution in [3.05, 3.63) is 40.7 Å². The van der Waals surface area contributed by atoms with Crippen molar-refractivity contribution in [2.45, 2.75) is 12.8 Å². The van der Waals surface area contributed by atoms with Crippen LogP contribution in [0.2, 0.25) is 0 Å². The molecule has 0 aromatic heterocycles. The van der Waals surface area contributed by atoms with Gasteiger partial charge in [0, 0.05) is 0 Å². The highest BCUT2D eigenvalue weighted by Gasteiger charge is 2.17. The summed E-state index contributed by atoms with van der Waals surface area (Å²) in [5, 5.41) is 8.59.